The molecule has 18 heavy (non-hydrogen) atoms. The minimum absolute atomic E-state index is 0.0240. The lowest BCUT2D eigenvalue weighted by atomic mass is 10.1. The van der Waals surface area contributed by atoms with E-state index in [4.69, 9.17) is 10.4 Å². The van der Waals surface area contributed by atoms with Crippen LogP contribution in [0.5, 0.6) is 5.75 Å². The molecule has 0 aromatic heterocycles. The van der Waals surface area contributed by atoms with Gasteiger partial charge in [0.25, 0.3) is 0 Å². The van der Waals surface area contributed by atoms with Crippen molar-refractivity contribution in [3.05, 3.63) is 23.3 Å². The second-order valence-corrected chi connectivity index (χ2v) is 3.62. The van der Waals surface area contributed by atoms with Gasteiger partial charge in [-0.2, -0.15) is 5.26 Å². The van der Waals surface area contributed by atoms with Crippen molar-refractivity contribution in [1.82, 2.24) is 0 Å². The number of hydrogen-bond acceptors (Lipinski definition) is 4. The van der Waals surface area contributed by atoms with Gasteiger partial charge in [0.05, 0.1) is 12.0 Å². The summed E-state index contributed by atoms with van der Waals surface area (Å²) in [5.41, 5.74) is -0.314. The van der Waals surface area contributed by atoms with Gasteiger partial charge in [0.2, 0.25) is 0 Å². The lowest BCUT2D eigenvalue weighted by Crippen LogP contribution is -2.19. The number of aliphatic carboxylic acids is 1. The predicted molar refractivity (Wildman–Crippen MR) is 56.4 cm³/mol. The summed E-state index contributed by atoms with van der Waals surface area (Å²) in [6.45, 7) is 0. The van der Waals surface area contributed by atoms with E-state index in [9.17, 15) is 18.0 Å². The number of benzene rings is 1. The Kier molecular flexibility index (Phi) is 4.08. The molecule has 4 nitrogen and oxygen atoms in total. The maximum Gasteiger partial charge on any atom is 0.573 e. The van der Waals surface area contributed by atoms with Gasteiger partial charge in [-0.15, -0.1) is 25.8 Å². The van der Waals surface area contributed by atoms with E-state index in [1.54, 1.807) is 6.07 Å². The molecule has 8 heteroatoms. The van der Waals surface area contributed by atoms with Gasteiger partial charge in [-0.25, -0.2) is 0 Å². The highest BCUT2D eigenvalue weighted by atomic mass is 32.1. The monoisotopic (exact) mass is 277 g/mol. The molecule has 0 bridgehead atoms. The van der Waals surface area contributed by atoms with Gasteiger partial charge >= 0.3 is 12.3 Å². The van der Waals surface area contributed by atoms with Crippen LogP contribution in [0.1, 0.15) is 11.1 Å². The van der Waals surface area contributed by atoms with Gasteiger partial charge < -0.3 is 9.84 Å². The molecule has 0 atom stereocenters. The van der Waals surface area contributed by atoms with Crippen LogP contribution in [0.15, 0.2) is 17.0 Å². The molecule has 0 unspecified atom stereocenters. The van der Waals surface area contributed by atoms with E-state index in [1.165, 1.54) is 0 Å². The first-order valence-corrected chi connectivity index (χ1v) is 4.92. The van der Waals surface area contributed by atoms with Crippen LogP contribution in [0.2, 0.25) is 0 Å². The average Bonchev–Trinajstić information content (AvgIpc) is 2.21. The Morgan fingerprint density at radius 2 is 2.11 bits per heavy atom. The second-order valence-electron chi connectivity index (χ2n) is 3.17. The van der Waals surface area contributed by atoms with E-state index in [0.29, 0.717) is 0 Å². The first-order valence-electron chi connectivity index (χ1n) is 4.47. The van der Waals surface area contributed by atoms with Crippen molar-refractivity contribution in [1.29, 1.82) is 5.26 Å². The average molecular weight is 277 g/mol. The third kappa shape index (κ3) is 3.56. The fraction of sp³-hybridized carbons (Fsp3) is 0.200. The number of rotatable bonds is 3. The van der Waals surface area contributed by atoms with Crippen LogP contribution in [0.4, 0.5) is 13.2 Å². The van der Waals surface area contributed by atoms with Gasteiger partial charge in [-0.3, -0.25) is 4.79 Å². The normalized spacial score (nSPS) is 10.8. The van der Waals surface area contributed by atoms with Crippen LogP contribution in [0.25, 0.3) is 0 Å². The lowest BCUT2D eigenvalue weighted by Gasteiger charge is -2.14. The molecule has 1 aromatic rings. The number of halogens is 3. The van der Waals surface area contributed by atoms with Gasteiger partial charge in [-0.1, -0.05) is 0 Å². The summed E-state index contributed by atoms with van der Waals surface area (Å²) in [6.07, 6.45) is -5.67. The quantitative estimate of drug-likeness (QED) is 0.832. The molecule has 1 rings (SSSR count). The van der Waals surface area contributed by atoms with Crippen molar-refractivity contribution < 1.29 is 27.8 Å². The summed E-state index contributed by atoms with van der Waals surface area (Å²) in [7, 11) is 0. The molecule has 1 aromatic carbocycles. The molecule has 0 aliphatic rings. The molecule has 0 aliphatic carbocycles. The zero-order chi connectivity index (χ0) is 13.9. The third-order valence-electron chi connectivity index (χ3n) is 1.91. The lowest BCUT2D eigenvalue weighted by molar-refractivity contribution is -0.275. The maximum absolute atomic E-state index is 12.1. The highest BCUT2D eigenvalue weighted by Crippen LogP contribution is 2.32. The molecule has 0 spiro atoms. The Bertz CT molecular complexity index is 522. The minimum Gasteiger partial charge on any atom is -0.481 e. The van der Waals surface area contributed by atoms with Crippen molar-refractivity contribution in [3.63, 3.8) is 0 Å². The van der Waals surface area contributed by atoms with Crippen molar-refractivity contribution >= 4 is 18.6 Å². The molecule has 0 heterocycles. The van der Waals surface area contributed by atoms with Crippen molar-refractivity contribution in [2.75, 3.05) is 0 Å². The maximum atomic E-state index is 12.1. The zero-order valence-electron chi connectivity index (χ0n) is 8.65. The van der Waals surface area contributed by atoms with Crippen LogP contribution >= 0.6 is 12.6 Å². The fourth-order valence-corrected chi connectivity index (χ4v) is 1.56. The minimum atomic E-state index is -4.94. The summed E-state index contributed by atoms with van der Waals surface area (Å²) in [4.78, 5) is 10.4. The van der Waals surface area contributed by atoms with Crippen LogP contribution in [0, 0.1) is 11.3 Å². The summed E-state index contributed by atoms with van der Waals surface area (Å²) in [6, 6.07) is 3.66. The van der Waals surface area contributed by atoms with E-state index in [-0.39, 0.29) is 16.0 Å². The van der Waals surface area contributed by atoms with Gasteiger partial charge in [0, 0.05) is 10.5 Å². The van der Waals surface area contributed by atoms with Gasteiger partial charge in [0.15, 0.2) is 0 Å². The highest BCUT2D eigenvalue weighted by Gasteiger charge is 2.33. The van der Waals surface area contributed by atoms with Crippen LogP contribution in [-0.4, -0.2) is 17.4 Å². The number of carboxylic acids is 1. The SMILES string of the molecule is N#Cc1ccc(OC(F)(F)F)c(CC(=O)O)c1S. The Labute approximate surface area is 105 Å². The number of ether oxygens (including phenoxy) is 1. The van der Waals surface area contributed by atoms with E-state index in [1.807, 2.05) is 0 Å². The predicted octanol–water partition coefficient (Wildman–Crippen LogP) is 2.37. The number of nitrogens with zero attached hydrogens (tertiary/aromatic N) is 1. The molecule has 0 radical (unpaired) electrons. The molecule has 0 saturated heterocycles. The summed E-state index contributed by atoms with van der Waals surface area (Å²) in [5.74, 6) is -2.03. The molecular weight excluding hydrogens is 271 g/mol. The van der Waals surface area contributed by atoms with Crippen molar-refractivity contribution in [2.45, 2.75) is 17.7 Å². The summed E-state index contributed by atoms with van der Waals surface area (Å²) >= 11 is 3.85. The first kappa shape index (κ1) is 14.2. The molecule has 0 aliphatic heterocycles. The number of alkyl halides is 3. The van der Waals surface area contributed by atoms with Crippen molar-refractivity contribution in [3.8, 4) is 11.8 Å². The molecule has 0 fully saturated rings. The third-order valence-corrected chi connectivity index (χ3v) is 2.42. The van der Waals surface area contributed by atoms with Crippen LogP contribution < -0.4 is 4.74 Å². The smallest absolute Gasteiger partial charge is 0.481 e. The number of carboxylic acid groups (broad SMARTS) is 1. The van der Waals surface area contributed by atoms with E-state index in [0.717, 1.165) is 12.1 Å². The molecule has 1 N–H and O–H groups in total. The van der Waals surface area contributed by atoms with Crippen LogP contribution in [0.3, 0.4) is 0 Å². The number of hydrogen-bond donors (Lipinski definition) is 2. The molecule has 0 amide bonds. The molecule has 0 saturated carbocycles. The fourth-order valence-electron chi connectivity index (χ4n) is 1.25. The summed E-state index contributed by atoms with van der Waals surface area (Å²) in [5, 5.41) is 17.3. The number of carbonyl (C=O) groups is 1. The summed E-state index contributed by atoms with van der Waals surface area (Å²) < 4.78 is 40.0. The Morgan fingerprint density at radius 3 is 2.56 bits per heavy atom. The first-order chi connectivity index (χ1) is 8.24. The zero-order valence-corrected chi connectivity index (χ0v) is 9.55. The number of nitriles is 1. The van der Waals surface area contributed by atoms with E-state index < -0.39 is 24.5 Å². The highest BCUT2D eigenvalue weighted by molar-refractivity contribution is 7.80. The van der Waals surface area contributed by atoms with Crippen molar-refractivity contribution in [2.24, 2.45) is 0 Å². The Morgan fingerprint density at radius 1 is 1.50 bits per heavy atom. The topological polar surface area (TPSA) is 70.3 Å². The van der Waals surface area contributed by atoms with E-state index in [2.05, 4.69) is 17.4 Å². The number of thiol groups is 1. The van der Waals surface area contributed by atoms with E-state index >= 15 is 0 Å². The molecular formula is C10H6F3NO3S. The Balaban J connectivity index is 3.30. The van der Waals surface area contributed by atoms with Crippen LogP contribution in [-0.2, 0) is 11.2 Å². The largest absolute Gasteiger partial charge is 0.573 e. The molecule has 96 valence electrons. The van der Waals surface area contributed by atoms with Gasteiger partial charge in [-0.05, 0) is 12.1 Å². The Hall–Kier alpha value is -1.88. The second kappa shape index (κ2) is 5.18. The van der Waals surface area contributed by atoms with Gasteiger partial charge in [0.1, 0.15) is 11.8 Å². The standard InChI is InChI=1S/C10H6F3NO3S/c11-10(12,13)17-7-2-1-5(4-14)9(18)6(7)3-8(15)16/h1-2,18H,3H2,(H,15,16).